The third-order valence-corrected chi connectivity index (χ3v) is 5.89. The smallest absolute Gasteiger partial charge is 0.324 e. The lowest BCUT2D eigenvalue weighted by Crippen LogP contribution is -2.59. The van der Waals surface area contributed by atoms with Crippen LogP contribution in [0.25, 0.3) is 0 Å². The molecule has 5 amide bonds. The fourth-order valence-electron chi connectivity index (χ4n) is 4.14. The van der Waals surface area contributed by atoms with Gasteiger partial charge in [-0.3, -0.25) is 14.6 Å². The Morgan fingerprint density at radius 2 is 1.89 bits per heavy atom. The number of halogens is 1. The van der Waals surface area contributed by atoms with E-state index in [4.69, 9.17) is 11.6 Å². The zero-order chi connectivity index (χ0) is 19.1. The molecule has 3 aliphatic heterocycles. The molecule has 0 aliphatic carbocycles. The van der Waals surface area contributed by atoms with Crippen molar-refractivity contribution < 1.29 is 14.4 Å². The first-order chi connectivity index (χ1) is 12.9. The number of imide groups is 1. The average molecular weight is 392 g/mol. The highest BCUT2D eigenvalue weighted by molar-refractivity contribution is 6.30. The Morgan fingerprint density at radius 1 is 1.19 bits per heavy atom. The Hall–Kier alpha value is -2.32. The first-order valence-corrected chi connectivity index (χ1v) is 9.41. The van der Waals surface area contributed by atoms with Crippen molar-refractivity contribution in [3.63, 3.8) is 0 Å². The summed E-state index contributed by atoms with van der Waals surface area (Å²) in [6, 6.07) is 6.61. The molecule has 27 heavy (non-hydrogen) atoms. The van der Waals surface area contributed by atoms with E-state index in [9.17, 15) is 14.4 Å². The third-order valence-electron chi connectivity index (χ3n) is 5.66. The summed E-state index contributed by atoms with van der Waals surface area (Å²) in [6.07, 6.45) is 0.0428. The number of nitrogens with zero attached hydrogens (tertiary/aromatic N) is 3. The van der Waals surface area contributed by atoms with Crippen molar-refractivity contribution in [3.05, 3.63) is 29.3 Å². The Bertz CT molecular complexity index is 756. The zero-order valence-electron chi connectivity index (χ0n) is 15.0. The molecule has 0 saturated carbocycles. The number of carbonyl (C=O) groups is 3. The van der Waals surface area contributed by atoms with Crippen LogP contribution in [0.2, 0.25) is 5.02 Å². The van der Waals surface area contributed by atoms with Crippen LogP contribution >= 0.6 is 11.6 Å². The van der Waals surface area contributed by atoms with Crippen LogP contribution in [0.15, 0.2) is 24.3 Å². The van der Waals surface area contributed by atoms with Crippen LogP contribution in [0, 0.1) is 11.8 Å². The largest absolute Gasteiger partial charge is 0.325 e. The molecule has 1 aromatic carbocycles. The number of urea groups is 2. The summed E-state index contributed by atoms with van der Waals surface area (Å²) in [5, 5.41) is 6.35. The van der Waals surface area contributed by atoms with Crippen LogP contribution in [0.5, 0.6) is 0 Å². The number of rotatable bonds is 2. The maximum Gasteiger partial charge on any atom is 0.325 e. The van der Waals surface area contributed by atoms with E-state index in [1.165, 1.54) is 7.05 Å². The molecular formula is C18H22ClN5O3. The normalized spacial score (nSPS) is 28.3. The van der Waals surface area contributed by atoms with Crippen LogP contribution in [0.3, 0.4) is 0 Å². The SMILES string of the molecule is CN1C(=O)CC(N2CC3CN(C(=O)Nc4cccc(Cl)c4)CC3C2)NC1=O. The topological polar surface area (TPSA) is 85.0 Å². The minimum absolute atomic E-state index is 0.124. The molecule has 8 nitrogen and oxygen atoms in total. The van der Waals surface area contributed by atoms with Gasteiger partial charge in [0.1, 0.15) is 0 Å². The molecule has 0 bridgehead atoms. The molecule has 1 aromatic rings. The Balaban J connectivity index is 1.32. The molecule has 3 heterocycles. The van der Waals surface area contributed by atoms with Crippen molar-refractivity contribution in [2.45, 2.75) is 12.6 Å². The zero-order valence-corrected chi connectivity index (χ0v) is 15.8. The fourth-order valence-corrected chi connectivity index (χ4v) is 4.34. The summed E-state index contributed by atoms with van der Waals surface area (Å²) in [4.78, 5) is 41.4. The highest BCUT2D eigenvalue weighted by Crippen LogP contribution is 2.33. The molecule has 3 unspecified atom stereocenters. The van der Waals surface area contributed by atoms with Crippen molar-refractivity contribution in [2.75, 3.05) is 38.5 Å². The maximum absolute atomic E-state index is 12.5. The Kier molecular flexibility index (Phi) is 4.69. The number of carbonyl (C=O) groups excluding carboxylic acids is 3. The second-order valence-electron chi connectivity index (χ2n) is 7.44. The van der Waals surface area contributed by atoms with E-state index in [0.717, 1.165) is 18.0 Å². The van der Waals surface area contributed by atoms with Gasteiger partial charge >= 0.3 is 12.1 Å². The van der Waals surface area contributed by atoms with Gasteiger partial charge in [-0.15, -0.1) is 0 Å². The summed E-state index contributed by atoms with van der Waals surface area (Å²) in [6.45, 7) is 2.88. The number of hydrogen-bond donors (Lipinski definition) is 2. The number of hydrogen-bond acceptors (Lipinski definition) is 4. The summed E-state index contributed by atoms with van der Waals surface area (Å²) >= 11 is 5.96. The molecule has 3 saturated heterocycles. The van der Waals surface area contributed by atoms with Gasteiger partial charge < -0.3 is 15.5 Å². The molecule has 0 spiro atoms. The molecule has 9 heteroatoms. The van der Waals surface area contributed by atoms with E-state index < -0.39 is 0 Å². The minimum Gasteiger partial charge on any atom is -0.324 e. The summed E-state index contributed by atoms with van der Waals surface area (Å²) < 4.78 is 0. The lowest BCUT2D eigenvalue weighted by Gasteiger charge is -2.35. The van der Waals surface area contributed by atoms with Gasteiger partial charge in [-0.05, 0) is 30.0 Å². The van der Waals surface area contributed by atoms with Crippen LogP contribution in [0.4, 0.5) is 15.3 Å². The lowest BCUT2D eigenvalue weighted by atomic mass is 10.0. The van der Waals surface area contributed by atoms with Gasteiger partial charge in [0.2, 0.25) is 5.91 Å². The number of amides is 5. The van der Waals surface area contributed by atoms with Crippen LogP contribution in [-0.2, 0) is 4.79 Å². The molecular weight excluding hydrogens is 370 g/mol. The molecule has 3 aliphatic rings. The van der Waals surface area contributed by atoms with Gasteiger partial charge in [0.25, 0.3) is 0 Å². The van der Waals surface area contributed by atoms with Crippen molar-refractivity contribution in [1.29, 1.82) is 0 Å². The minimum atomic E-state index is -0.351. The van der Waals surface area contributed by atoms with E-state index in [1.807, 2.05) is 11.0 Å². The number of likely N-dealkylation sites (tertiary alicyclic amines) is 2. The van der Waals surface area contributed by atoms with E-state index in [0.29, 0.717) is 42.1 Å². The average Bonchev–Trinajstić information content (AvgIpc) is 3.18. The standard InChI is InChI=1S/C18H22ClN5O3/c1-22-16(25)6-15(21-17(22)26)23-7-11-9-24(10-12(11)8-23)18(27)20-14-4-2-3-13(19)5-14/h2-5,11-12,15H,6-10H2,1H3,(H,20,27)(H,21,26). The van der Waals surface area contributed by atoms with Gasteiger partial charge in [0.15, 0.2) is 0 Å². The monoisotopic (exact) mass is 391 g/mol. The number of anilines is 1. The fraction of sp³-hybridized carbons (Fsp3) is 0.500. The lowest BCUT2D eigenvalue weighted by molar-refractivity contribution is -0.130. The van der Waals surface area contributed by atoms with Crippen LogP contribution in [-0.4, -0.2) is 72.1 Å². The van der Waals surface area contributed by atoms with Crippen LogP contribution in [0.1, 0.15) is 6.42 Å². The molecule has 0 radical (unpaired) electrons. The highest BCUT2D eigenvalue weighted by atomic mass is 35.5. The van der Waals surface area contributed by atoms with Crippen molar-refractivity contribution in [2.24, 2.45) is 11.8 Å². The predicted molar refractivity (Wildman–Crippen MR) is 100 cm³/mol. The van der Waals surface area contributed by atoms with Crippen molar-refractivity contribution in [1.82, 2.24) is 20.0 Å². The second-order valence-corrected chi connectivity index (χ2v) is 7.88. The first-order valence-electron chi connectivity index (χ1n) is 9.03. The van der Waals surface area contributed by atoms with Crippen LogP contribution < -0.4 is 10.6 Å². The van der Waals surface area contributed by atoms with Crippen molar-refractivity contribution in [3.8, 4) is 0 Å². The second kappa shape index (κ2) is 7.01. The molecule has 3 atom stereocenters. The molecule has 3 fully saturated rings. The van der Waals surface area contributed by atoms with E-state index in [-0.39, 0.29) is 24.1 Å². The van der Waals surface area contributed by atoms with Gasteiger partial charge in [0, 0.05) is 43.9 Å². The third kappa shape index (κ3) is 3.59. The number of fused-ring (bicyclic) bond motifs is 1. The number of benzene rings is 1. The van der Waals surface area contributed by atoms with E-state index >= 15 is 0 Å². The molecule has 4 rings (SSSR count). The summed E-state index contributed by atoms with van der Waals surface area (Å²) in [5.41, 5.74) is 0.679. The highest BCUT2D eigenvalue weighted by Gasteiger charge is 2.45. The summed E-state index contributed by atoms with van der Waals surface area (Å²) in [5.74, 6) is 0.534. The van der Waals surface area contributed by atoms with Gasteiger partial charge in [-0.1, -0.05) is 17.7 Å². The van der Waals surface area contributed by atoms with E-state index in [1.54, 1.807) is 18.2 Å². The maximum atomic E-state index is 12.5. The number of nitrogens with one attached hydrogen (secondary N) is 2. The first kappa shape index (κ1) is 18.1. The summed E-state index contributed by atoms with van der Waals surface area (Å²) in [7, 11) is 1.49. The van der Waals surface area contributed by atoms with Gasteiger partial charge in [0.05, 0.1) is 12.6 Å². The molecule has 2 N–H and O–H groups in total. The molecule has 0 aromatic heterocycles. The predicted octanol–water partition coefficient (Wildman–Crippen LogP) is 1.63. The van der Waals surface area contributed by atoms with E-state index in [2.05, 4.69) is 15.5 Å². The van der Waals surface area contributed by atoms with Gasteiger partial charge in [-0.2, -0.15) is 0 Å². The quantitative estimate of drug-likeness (QED) is 0.802. The Labute approximate surface area is 162 Å². The Morgan fingerprint density at radius 3 is 2.52 bits per heavy atom. The molecule has 144 valence electrons. The van der Waals surface area contributed by atoms with Gasteiger partial charge in [-0.25, -0.2) is 9.59 Å². The van der Waals surface area contributed by atoms with Crippen molar-refractivity contribution >= 4 is 35.3 Å².